The van der Waals surface area contributed by atoms with Crippen LogP contribution in [0.25, 0.3) is 33.1 Å². The summed E-state index contributed by atoms with van der Waals surface area (Å²) < 4.78 is 11.1. The van der Waals surface area contributed by atoms with Crippen LogP contribution in [0.15, 0.2) is 69.6 Å². The number of amides is 2. The van der Waals surface area contributed by atoms with Crippen LogP contribution in [0.1, 0.15) is 12.3 Å². The van der Waals surface area contributed by atoms with E-state index < -0.39 is 0 Å². The Hall–Kier alpha value is -4.05. The van der Waals surface area contributed by atoms with Crippen molar-refractivity contribution in [3.8, 4) is 22.2 Å². The smallest absolute Gasteiger partial charge is 0.321 e. The monoisotopic (exact) mass is 446 g/mol. The van der Waals surface area contributed by atoms with Gasteiger partial charge in [-0.15, -0.1) is 10.2 Å². The second-order valence-corrected chi connectivity index (χ2v) is 7.90. The number of nitrogens with one attached hydrogen (secondary N) is 2. The Morgan fingerprint density at radius 1 is 1.03 bits per heavy atom. The van der Waals surface area contributed by atoms with Crippen LogP contribution in [-0.4, -0.2) is 32.9 Å². The van der Waals surface area contributed by atoms with E-state index in [4.69, 9.17) is 8.94 Å². The fourth-order valence-corrected chi connectivity index (χ4v) is 3.80. The summed E-state index contributed by atoms with van der Waals surface area (Å²) in [5.74, 6) is 1.71. The average molecular weight is 446 g/mol. The lowest BCUT2D eigenvalue weighted by molar-refractivity contribution is 0.251. The number of carbonyl (C=O) groups is 1. The molecule has 3 heterocycles. The second kappa shape index (κ2) is 8.98. The number of hydrogen-bond donors (Lipinski definition) is 2. The van der Waals surface area contributed by atoms with E-state index in [1.807, 2.05) is 60.7 Å². The van der Waals surface area contributed by atoms with Gasteiger partial charge in [0.05, 0.1) is 0 Å². The van der Waals surface area contributed by atoms with Crippen LogP contribution >= 0.6 is 11.3 Å². The molecule has 0 aliphatic heterocycles. The first-order valence-corrected chi connectivity index (χ1v) is 10.8. The maximum Gasteiger partial charge on any atom is 0.321 e. The number of aromatic nitrogens is 4. The van der Waals surface area contributed by atoms with E-state index in [0.29, 0.717) is 47.0 Å². The number of nitrogens with zero attached hydrogens (tertiary/aromatic N) is 4. The molecule has 5 aromatic rings. The molecule has 160 valence electrons. The summed E-state index contributed by atoms with van der Waals surface area (Å²) in [4.78, 5) is 16.5. The summed E-state index contributed by atoms with van der Waals surface area (Å²) in [5.41, 5.74) is 1.68. The second-order valence-electron chi connectivity index (χ2n) is 6.92. The lowest BCUT2D eigenvalue weighted by Gasteiger charge is -2.03. The van der Waals surface area contributed by atoms with E-state index in [1.54, 1.807) is 0 Å². The molecule has 0 radical (unpaired) electrons. The highest BCUT2D eigenvalue weighted by atomic mass is 32.1. The van der Waals surface area contributed by atoms with Gasteiger partial charge in [0.25, 0.3) is 0 Å². The number of rotatable bonds is 7. The number of furan rings is 1. The Bertz CT molecular complexity index is 1310. The number of carbonyl (C=O) groups excluding carboxylic acids is 1. The van der Waals surface area contributed by atoms with Gasteiger partial charge in [0.15, 0.2) is 10.8 Å². The Morgan fingerprint density at radius 3 is 2.75 bits per heavy atom. The molecule has 10 heteroatoms. The van der Waals surface area contributed by atoms with E-state index in [1.165, 1.54) is 11.3 Å². The minimum absolute atomic E-state index is 0.354. The molecule has 0 spiro atoms. The quantitative estimate of drug-likeness (QED) is 0.346. The number of anilines is 1. The molecule has 2 amide bonds. The van der Waals surface area contributed by atoms with E-state index in [9.17, 15) is 4.79 Å². The number of hydrogen-bond acceptors (Lipinski definition) is 8. The van der Waals surface area contributed by atoms with Crippen molar-refractivity contribution in [2.75, 3.05) is 11.9 Å². The van der Waals surface area contributed by atoms with Crippen LogP contribution in [-0.2, 0) is 6.42 Å². The molecule has 2 aromatic carbocycles. The van der Waals surface area contributed by atoms with E-state index in [2.05, 4.69) is 31.0 Å². The van der Waals surface area contributed by atoms with Crippen molar-refractivity contribution in [1.82, 2.24) is 25.7 Å². The molecular weight excluding hydrogens is 428 g/mol. The normalized spacial score (nSPS) is 11.0. The van der Waals surface area contributed by atoms with Crippen LogP contribution in [0.3, 0.4) is 0 Å². The summed E-state index contributed by atoms with van der Waals surface area (Å²) in [6.07, 6.45) is 1.22. The van der Waals surface area contributed by atoms with Crippen molar-refractivity contribution >= 4 is 33.5 Å². The molecule has 0 bridgehead atoms. The van der Waals surface area contributed by atoms with Gasteiger partial charge in [-0.05, 0) is 18.6 Å². The van der Waals surface area contributed by atoms with E-state index >= 15 is 0 Å². The Kier molecular flexibility index (Phi) is 5.58. The fraction of sp³-hybridized carbons (Fsp3) is 0.136. The molecule has 9 nitrogen and oxygen atoms in total. The van der Waals surface area contributed by atoms with Crippen molar-refractivity contribution in [1.29, 1.82) is 0 Å². The van der Waals surface area contributed by atoms with Crippen LogP contribution in [0, 0.1) is 0 Å². The number of para-hydroxylation sites is 1. The predicted molar refractivity (Wildman–Crippen MR) is 120 cm³/mol. The van der Waals surface area contributed by atoms with Gasteiger partial charge >= 0.3 is 6.03 Å². The molecular formula is C22H18N6O3S. The molecule has 3 aromatic heterocycles. The van der Waals surface area contributed by atoms with Crippen molar-refractivity contribution in [3.63, 3.8) is 0 Å². The van der Waals surface area contributed by atoms with Crippen LogP contribution in [0.2, 0.25) is 0 Å². The largest absolute Gasteiger partial charge is 0.453 e. The summed E-state index contributed by atoms with van der Waals surface area (Å²) in [7, 11) is 0. The summed E-state index contributed by atoms with van der Waals surface area (Å²) >= 11 is 1.25. The number of aryl methyl sites for hydroxylation is 1. The van der Waals surface area contributed by atoms with E-state index in [0.717, 1.165) is 16.5 Å². The number of benzene rings is 2. The Labute approximate surface area is 186 Å². The molecule has 0 aliphatic rings. The van der Waals surface area contributed by atoms with Gasteiger partial charge < -0.3 is 14.3 Å². The summed E-state index contributed by atoms with van der Waals surface area (Å²) in [5, 5.41) is 19.6. The zero-order valence-corrected chi connectivity index (χ0v) is 17.6. The maximum atomic E-state index is 12.1. The van der Waals surface area contributed by atoms with Crippen LogP contribution < -0.4 is 10.6 Å². The Morgan fingerprint density at radius 2 is 1.88 bits per heavy atom. The fourth-order valence-electron chi connectivity index (χ4n) is 3.10. The third kappa shape index (κ3) is 4.49. The van der Waals surface area contributed by atoms with Gasteiger partial charge in [0, 0.05) is 23.9 Å². The molecule has 0 saturated heterocycles. The standard InChI is InChI=1S/C22H18N6O3S/c29-21(23-12-6-11-18-24-19(28-31-18)14-7-2-1-3-8-14)25-22-27-26-20(32-22)17-13-15-9-4-5-10-16(15)30-17/h1-5,7-10,13H,6,11-12H2,(H2,23,25,27,29). The van der Waals surface area contributed by atoms with Crippen LogP contribution in [0.4, 0.5) is 9.93 Å². The van der Waals surface area contributed by atoms with Crippen molar-refractivity contribution < 1.29 is 13.7 Å². The molecule has 0 aliphatic carbocycles. The van der Waals surface area contributed by atoms with Gasteiger partial charge in [-0.3, -0.25) is 5.32 Å². The number of fused-ring (bicyclic) bond motifs is 1. The third-order valence-corrected chi connectivity index (χ3v) is 5.49. The third-order valence-electron chi connectivity index (χ3n) is 4.63. The lowest BCUT2D eigenvalue weighted by atomic mass is 10.2. The number of urea groups is 1. The molecule has 32 heavy (non-hydrogen) atoms. The van der Waals surface area contributed by atoms with Crippen molar-refractivity contribution in [2.45, 2.75) is 12.8 Å². The molecule has 0 fully saturated rings. The summed E-state index contributed by atoms with van der Waals surface area (Å²) in [6, 6.07) is 18.9. The first-order chi connectivity index (χ1) is 15.7. The molecule has 5 rings (SSSR count). The SMILES string of the molecule is O=C(NCCCc1nc(-c2ccccc2)no1)Nc1nnc(-c2cc3ccccc3o2)s1. The van der Waals surface area contributed by atoms with Gasteiger partial charge in [-0.25, -0.2) is 4.79 Å². The first kappa shape index (κ1) is 19.9. The van der Waals surface area contributed by atoms with Gasteiger partial charge in [0.2, 0.25) is 16.8 Å². The Balaban J connectivity index is 1.09. The zero-order valence-electron chi connectivity index (χ0n) is 16.8. The summed E-state index contributed by atoms with van der Waals surface area (Å²) in [6.45, 7) is 0.449. The van der Waals surface area contributed by atoms with Crippen molar-refractivity contribution in [3.05, 3.63) is 66.6 Å². The maximum absolute atomic E-state index is 12.1. The topological polar surface area (TPSA) is 119 Å². The van der Waals surface area contributed by atoms with Crippen molar-refractivity contribution in [2.24, 2.45) is 0 Å². The average Bonchev–Trinajstić information content (AvgIpc) is 3.56. The minimum atomic E-state index is -0.354. The molecule has 0 atom stereocenters. The molecule has 0 unspecified atom stereocenters. The van der Waals surface area contributed by atoms with Gasteiger partial charge in [0.1, 0.15) is 5.58 Å². The first-order valence-electron chi connectivity index (χ1n) is 10.00. The highest BCUT2D eigenvalue weighted by Gasteiger charge is 2.13. The van der Waals surface area contributed by atoms with Gasteiger partial charge in [-0.1, -0.05) is 65.0 Å². The highest BCUT2D eigenvalue weighted by molar-refractivity contribution is 7.18. The van der Waals surface area contributed by atoms with Gasteiger partial charge in [-0.2, -0.15) is 4.98 Å². The minimum Gasteiger partial charge on any atom is -0.453 e. The van der Waals surface area contributed by atoms with E-state index in [-0.39, 0.29) is 6.03 Å². The highest BCUT2D eigenvalue weighted by Crippen LogP contribution is 2.31. The zero-order chi connectivity index (χ0) is 21.8. The predicted octanol–water partition coefficient (Wildman–Crippen LogP) is 4.76. The van der Waals surface area contributed by atoms with Crippen LogP contribution in [0.5, 0.6) is 0 Å². The molecule has 0 saturated carbocycles. The lowest BCUT2D eigenvalue weighted by Crippen LogP contribution is -2.29. The molecule has 2 N–H and O–H groups in total.